The van der Waals surface area contributed by atoms with Crippen LogP contribution in [0.4, 0.5) is 4.39 Å². The highest BCUT2D eigenvalue weighted by Gasteiger charge is 2.17. The number of aliphatic imine (C=N–C) groups is 1. The van der Waals surface area contributed by atoms with Gasteiger partial charge < -0.3 is 15.5 Å². The third-order valence-corrected chi connectivity index (χ3v) is 4.17. The molecule has 0 aromatic heterocycles. The number of amides is 1. The van der Waals surface area contributed by atoms with E-state index in [0.29, 0.717) is 12.5 Å². The topological polar surface area (TPSA) is 56.7 Å². The molecule has 0 saturated carbocycles. The molecule has 1 aliphatic heterocycles. The van der Waals surface area contributed by atoms with E-state index in [0.717, 1.165) is 50.0 Å². The largest absolute Gasteiger partial charge is 0.357 e. The summed E-state index contributed by atoms with van der Waals surface area (Å²) in [6.07, 6.45) is 2.95. The van der Waals surface area contributed by atoms with E-state index >= 15 is 0 Å². The van der Waals surface area contributed by atoms with Gasteiger partial charge in [-0.15, -0.1) is 0 Å². The number of nitrogens with one attached hydrogen (secondary N) is 2. The molecule has 1 aromatic rings. The molecule has 5 nitrogen and oxygen atoms in total. The van der Waals surface area contributed by atoms with Crippen molar-refractivity contribution in [2.24, 2.45) is 4.99 Å². The first-order valence-electron chi connectivity index (χ1n) is 8.65. The molecule has 1 aromatic carbocycles. The van der Waals surface area contributed by atoms with Crippen LogP contribution in [-0.2, 0) is 11.2 Å². The van der Waals surface area contributed by atoms with Gasteiger partial charge in [-0.05, 0) is 56.4 Å². The number of nitrogens with zero attached hydrogens (tertiary/aromatic N) is 2. The van der Waals surface area contributed by atoms with Crippen LogP contribution >= 0.6 is 0 Å². The zero-order chi connectivity index (χ0) is 17.4. The first kappa shape index (κ1) is 18.2. The minimum Gasteiger partial charge on any atom is -0.357 e. The smallest absolute Gasteiger partial charge is 0.244 e. The van der Waals surface area contributed by atoms with Crippen molar-refractivity contribution in [1.29, 1.82) is 0 Å². The summed E-state index contributed by atoms with van der Waals surface area (Å²) >= 11 is 0. The average Bonchev–Trinajstić information content (AvgIpc) is 3.09. The van der Waals surface area contributed by atoms with Gasteiger partial charge >= 0.3 is 0 Å². The molecule has 1 amide bonds. The van der Waals surface area contributed by atoms with Crippen LogP contribution in [0.5, 0.6) is 0 Å². The second-order valence-electron chi connectivity index (χ2n) is 6.03. The molecule has 1 fully saturated rings. The highest BCUT2D eigenvalue weighted by atomic mass is 19.1. The number of guanidine groups is 1. The second-order valence-corrected chi connectivity index (χ2v) is 6.03. The van der Waals surface area contributed by atoms with Crippen LogP contribution in [0.15, 0.2) is 23.2 Å². The second kappa shape index (κ2) is 9.25. The number of rotatable bonds is 6. The lowest BCUT2D eigenvalue weighted by atomic mass is 10.1. The van der Waals surface area contributed by atoms with E-state index in [1.54, 1.807) is 6.07 Å². The molecule has 132 valence electrons. The molecule has 24 heavy (non-hydrogen) atoms. The summed E-state index contributed by atoms with van der Waals surface area (Å²) in [7, 11) is 0. The Hall–Kier alpha value is -2.11. The summed E-state index contributed by atoms with van der Waals surface area (Å²) in [6.45, 7) is 7.18. The highest BCUT2D eigenvalue weighted by Crippen LogP contribution is 2.10. The normalized spacial score (nSPS) is 14.8. The number of carbonyl (C=O) groups is 1. The molecule has 0 atom stereocenters. The van der Waals surface area contributed by atoms with Crippen LogP contribution in [0.1, 0.15) is 30.9 Å². The molecule has 2 N–H and O–H groups in total. The summed E-state index contributed by atoms with van der Waals surface area (Å²) < 4.78 is 13.1. The average molecular weight is 334 g/mol. The van der Waals surface area contributed by atoms with E-state index in [2.05, 4.69) is 15.6 Å². The first-order chi connectivity index (χ1) is 11.6. The Bertz CT molecular complexity index is 582. The van der Waals surface area contributed by atoms with Crippen molar-refractivity contribution in [3.63, 3.8) is 0 Å². The Morgan fingerprint density at radius 1 is 1.29 bits per heavy atom. The fraction of sp³-hybridized carbons (Fsp3) is 0.556. The standard InChI is InChI=1S/C18H27FN4O/c1-3-20-18(22-13-17(24)23-10-4-5-11-23)21-9-8-15-6-7-16(19)12-14(15)2/h6-7,12H,3-5,8-11,13H2,1-2H3,(H2,20,21,22). The molecular weight excluding hydrogens is 307 g/mol. The maximum Gasteiger partial charge on any atom is 0.244 e. The number of halogens is 1. The Kier molecular flexibility index (Phi) is 7.03. The predicted octanol–water partition coefficient (Wildman–Crippen LogP) is 1.85. The molecule has 0 bridgehead atoms. The molecule has 0 spiro atoms. The van der Waals surface area contributed by atoms with Gasteiger partial charge in [0.1, 0.15) is 12.4 Å². The zero-order valence-corrected chi connectivity index (χ0v) is 14.6. The Morgan fingerprint density at radius 2 is 2.04 bits per heavy atom. The summed E-state index contributed by atoms with van der Waals surface area (Å²) in [4.78, 5) is 18.3. The van der Waals surface area contributed by atoms with Crippen LogP contribution in [0.2, 0.25) is 0 Å². The Labute approximate surface area is 143 Å². The van der Waals surface area contributed by atoms with Gasteiger partial charge in [0.25, 0.3) is 0 Å². The quantitative estimate of drug-likeness (QED) is 0.617. The SMILES string of the molecule is CCNC(=NCC(=O)N1CCCC1)NCCc1ccc(F)cc1C. The number of hydrogen-bond donors (Lipinski definition) is 2. The summed E-state index contributed by atoms with van der Waals surface area (Å²) in [5, 5.41) is 6.38. The fourth-order valence-electron chi connectivity index (χ4n) is 2.81. The number of hydrogen-bond acceptors (Lipinski definition) is 2. The zero-order valence-electron chi connectivity index (χ0n) is 14.6. The number of carbonyl (C=O) groups excluding carboxylic acids is 1. The minimum atomic E-state index is -0.209. The third-order valence-electron chi connectivity index (χ3n) is 4.17. The lowest BCUT2D eigenvalue weighted by Gasteiger charge is -2.15. The molecule has 1 saturated heterocycles. The van der Waals surface area contributed by atoms with E-state index < -0.39 is 0 Å². The fourth-order valence-corrected chi connectivity index (χ4v) is 2.81. The molecule has 6 heteroatoms. The van der Waals surface area contributed by atoms with Gasteiger partial charge in [0.15, 0.2) is 5.96 Å². The van der Waals surface area contributed by atoms with Gasteiger partial charge in [0.05, 0.1) is 0 Å². The molecular formula is C18H27FN4O. The number of likely N-dealkylation sites (tertiary alicyclic amines) is 1. The lowest BCUT2D eigenvalue weighted by Crippen LogP contribution is -2.39. The van der Waals surface area contributed by atoms with Crippen molar-refractivity contribution in [3.8, 4) is 0 Å². The third kappa shape index (κ3) is 5.51. The lowest BCUT2D eigenvalue weighted by molar-refractivity contribution is -0.128. The molecule has 1 heterocycles. The van der Waals surface area contributed by atoms with Crippen molar-refractivity contribution in [2.45, 2.75) is 33.1 Å². The number of benzene rings is 1. The summed E-state index contributed by atoms with van der Waals surface area (Å²) in [5.74, 6) is 0.517. The van der Waals surface area contributed by atoms with Crippen molar-refractivity contribution in [1.82, 2.24) is 15.5 Å². The van der Waals surface area contributed by atoms with Gasteiger partial charge in [0, 0.05) is 26.2 Å². The Balaban J connectivity index is 1.83. The first-order valence-corrected chi connectivity index (χ1v) is 8.65. The van der Waals surface area contributed by atoms with Crippen molar-refractivity contribution in [3.05, 3.63) is 35.1 Å². The van der Waals surface area contributed by atoms with Gasteiger partial charge in [-0.25, -0.2) is 9.38 Å². The van der Waals surface area contributed by atoms with Crippen LogP contribution in [0.3, 0.4) is 0 Å². The minimum absolute atomic E-state index is 0.0825. The maximum atomic E-state index is 13.1. The monoisotopic (exact) mass is 334 g/mol. The van der Waals surface area contributed by atoms with Gasteiger partial charge in [-0.2, -0.15) is 0 Å². The van der Waals surface area contributed by atoms with Gasteiger partial charge in [-0.3, -0.25) is 4.79 Å². The van der Waals surface area contributed by atoms with Gasteiger partial charge in [0.2, 0.25) is 5.91 Å². The van der Waals surface area contributed by atoms with Crippen LogP contribution in [-0.4, -0.2) is 49.5 Å². The van der Waals surface area contributed by atoms with E-state index in [-0.39, 0.29) is 18.3 Å². The van der Waals surface area contributed by atoms with E-state index in [1.807, 2.05) is 24.8 Å². The van der Waals surface area contributed by atoms with E-state index in [4.69, 9.17) is 0 Å². The maximum absolute atomic E-state index is 13.1. The summed E-state index contributed by atoms with van der Waals surface area (Å²) in [6, 6.07) is 4.84. The highest BCUT2D eigenvalue weighted by molar-refractivity contribution is 5.85. The molecule has 0 radical (unpaired) electrons. The molecule has 0 unspecified atom stereocenters. The van der Waals surface area contributed by atoms with E-state index in [9.17, 15) is 9.18 Å². The van der Waals surface area contributed by atoms with Crippen molar-refractivity contribution in [2.75, 3.05) is 32.7 Å². The van der Waals surface area contributed by atoms with Crippen molar-refractivity contribution >= 4 is 11.9 Å². The number of aryl methyl sites for hydroxylation is 1. The van der Waals surface area contributed by atoms with Crippen LogP contribution in [0.25, 0.3) is 0 Å². The van der Waals surface area contributed by atoms with Crippen molar-refractivity contribution < 1.29 is 9.18 Å². The molecule has 1 aliphatic rings. The Morgan fingerprint density at radius 3 is 2.71 bits per heavy atom. The molecule has 0 aliphatic carbocycles. The predicted molar refractivity (Wildman–Crippen MR) is 94.6 cm³/mol. The van der Waals surface area contributed by atoms with E-state index in [1.165, 1.54) is 6.07 Å². The van der Waals surface area contributed by atoms with Crippen LogP contribution < -0.4 is 10.6 Å². The summed E-state index contributed by atoms with van der Waals surface area (Å²) in [5.41, 5.74) is 2.05. The van der Waals surface area contributed by atoms with Crippen LogP contribution in [0, 0.1) is 12.7 Å². The van der Waals surface area contributed by atoms with Gasteiger partial charge in [-0.1, -0.05) is 6.07 Å². The molecule has 2 rings (SSSR count).